The van der Waals surface area contributed by atoms with Gasteiger partial charge in [0.2, 0.25) is 0 Å². The van der Waals surface area contributed by atoms with E-state index in [1.165, 1.54) is 24.3 Å². The number of hydrogen-bond donors (Lipinski definition) is 1. The van der Waals surface area contributed by atoms with Gasteiger partial charge in [-0.15, -0.1) is 0 Å². The van der Waals surface area contributed by atoms with E-state index in [4.69, 9.17) is 0 Å². The van der Waals surface area contributed by atoms with Crippen LogP contribution >= 0.6 is 0 Å². The van der Waals surface area contributed by atoms with Gasteiger partial charge in [0, 0.05) is 24.3 Å². The number of hydrogen-bond acceptors (Lipinski definition) is 3. The number of halogens is 1. The summed E-state index contributed by atoms with van der Waals surface area (Å²) in [5.41, 5.74) is 2.49. The third-order valence-corrected chi connectivity index (χ3v) is 5.58. The van der Waals surface area contributed by atoms with Crippen molar-refractivity contribution < 1.29 is 14.0 Å². The van der Waals surface area contributed by atoms with E-state index >= 15 is 0 Å². The van der Waals surface area contributed by atoms with Crippen molar-refractivity contribution in [1.82, 2.24) is 4.90 Å². The number of rotatable bonds is 3. The highest BCUT2D eigenvalue weighted by atomic mass is 19.1. The summed E-state index contributed by atoms with van der Waals surface area (Å²) in [5, 5.41) is 2.78. The predicted octanol–water partition coefficient (Wildman–Crippen LogP) is 4.26. The minimum atomic E-state index is -0.350. The fourth-order valence-corrected chi connectivity index (χ4v) is 4.18. The van der Waals surface area contributed by atoms with Crippen molar-refractivity contribution in [3.8, 4) is 0 Å². The molecule has 146 valence electrons. The van der Waals surface area contributed by atoms with E-state index in [0.717, 1.165) is 44.5 Å². The highest BCUT2D eigenvalue weighted by molar-refractivity contribution is 6.08. The zero-order chi connectivity index (χ0) is 19.7. The van der Waals surface area contributed by atoms with Crippen LogP contribution in [0.1, 0.15) is 53.3 Å². The Labute approximate surface area is 164 Å². The van der Waals surface area contributed by atoms with Gasteiger partial charge in [-0.05, 0) is 68.7 Å². The number of fused-ring (bicyclic) bond motifs is 2. The fourth-order valence-electron chi connectivity index (χ4n) is 4.18. The maximum Gasteiger partial charge on any atom is 0.257 e. The van der Waals surface area contributed by atoms with Crippen LogP contribution in [0, 0.1) is 5.82 Å². The summed E-state index contributed by atoms with van der Waals surface area (Å²) in [6, 6.07) is 10.9. The third-order valence-electron chi connectivity index (χ3n) is 5.58. The van der Waals surface area contributed by atoms with Crippen molar-refractivity contribution >= 4 is 23.2 Å². The highest BCUT2D eigenvalue weighted by Gasteiger charge is 2.37. The molecular weight excluding hydrogens is 357 g/mol. The second-order valence-corrected chi connectivity index (χ2v) is 7.31. The molecule has 6 heteroatoms. The van der Waals surface area contributed by atoms with E-state index < -0.39 is 0 Å². The molecule has 0 spiro atoms. The highest BCUT2D eigenvalue weighted by Crippen LogP contribution is 2.35. The lowest BCUT2D eigenvalue weighted by atomic mass is 10.0. The molecule has 5 nitrogen and oxygen atoms in total. The zero-order valence-corrected chi connectivity index (χ0v) is 16.0. The molecular formula is C22H24FN3O2. The number of carbonyl (C=O) groups excluding carboxylic acids is 2. The van der Waals surface area contributed by atoms with E-state index in [9.17, 15) is 14.0 Å². The lowest BCUT2D eigenvalue weighted by Gasteiger charge is -2.44. The molecule has 1 N–H and O–H groups in total. The molecule has 4 rings (SSSR count). The Morgan fingerprint density at radius 2 is 1.93 bits per heavy atom. The molecule has 28 heavy (non-hydrogen) atoms. The van der Waals surface area contributed by atoms with Crippen LogP contribution in [0.4, 0.5) is 15.8 Å². The van der Waals surface area contributed by atoms with E-state index in [-0.39, 0.29) is 23.8 Å². The Kier molecular flexibility index (Phi) is 5.03. The first kappa shape index (κ1) is 18.5. The number of carbonyl (C=O) groups is 2. The molecule has 2 aromatic carbocycles. The summed E-state index contributed by atoms with van der Waals surface area (Å²) in [6.07, 6.45) is 4.28. The topological polar surface area (TPSA) is 52.7 Å². The van der Waals surface area contributed by atoms with Crippen LogP contribution in [0.15, 0.2) is 42.5 Å². The average molecular weight is 381 g/mol. The van der Waals surface area contributed by atoms with Crippen LogP contribution in [0.2, 0.25) is 0 Å². The van der Waals surface area contributed by atoms with E-state index in [1.54, 1.807) is 18.2 Å². The van der Waals surface area contributed by atoms with Crippen molar-refractivity contribution in [2.75, 3.05) is 23.3 Å². The Balaban J connectivity index is 1.65. The quantitative estimate of drug-likeness (QED) is 0.864. The largest absolute Gasteiger partial charge is 0.351 e. The lowest BCUT2D eigenvalue weighted by molar-refractivity contribution is 0.0656. The second-order valence-electron chi connectivity index (χ2n) is 7.31. The number of nitrogens with zero attached hydrogens (tertiary/aromatic N) is 2. The first-order valence-corrected chi connectivity index (χ1v) is 9.87. The SMILES string of the molecule is CCN1c2cc(C(=O)Nc3ccc(F)cc3)ccc2C(=O)N2CCCCCC21. The van der Waals surface area contributed by atoms with E-state index in [0.29, 0.717) is 16.8 Å². The van der Waals surface area contributed by atoms with Gasteiger partial charge in [0.1, 0.15) is 12.0 Å². The maximum atomic E-state index is 13.1. The molecule has 1 unspecified atom stereocenters. The van der Waals surface area contributed by atoms with Gasteiger partial charge in [-0.3, -0.25) is 9.59 Å². The van der Waals surface area contributed by atoms with Crippen LogP contribution in [-0.2, 0) is 0 Å². The molecule has 2 amide bonds. The number of amides is 2. The average Bonchev–Trinajstić information content (AvgIpc) is 2.96. The smallest absolute Gasteiger partial charge is 0.257 e. The molecule has 2 aliphatic rings. The number of nitrogens with one attached hydrogen (secondary N) is 1. The van der Waals surface area contributed by atoms with Gasteiger partial charge in [0.25, 0.3) is 11.8 Å². The van der Waals surface area contributed by atoms with Gasteiger partial charge in [-0.1, -0.05) is 6.42 Å². The molecule has 2 aliphatic heterocycles. The number of benzene rings is 2. The summed E-state index contributed by atoms with van der Waals surface area (Å²) < 4.78 is 13.1. The minimum Gasteiger partial charge on any atom is -0.351 e. The van der Waals surface area contributed by atoms with Gasteiger partial charge in [0.15, 0.2) is 0 Å². The molecule has 1 atom stereocenters. The molecule has 0 radical (unpaired) electrons. The fraction of sp³-hybridized carbons (Fsp3) is 0.364. The second kappa shape index (κ2) is 7.62. The monoisotopic (exact) mass is 381 g/mol. The van der Waals surface area contributed by atoms with Crippen molar-refractivity contribution in [3.05, 3.63) is 59.4 Å². The summed E-state index contributed by atoms with van der Waals surface area (Å²) in [4.78, 5) is 29.9. The van der Waals surface area contributed by atoms with Gasteiger partial charge >= 0.3 is 0 Å². The molecule has 0 aliphatic carbocycles. The van der Waals surface area contributed by atoms with Gasteiger partial charge in [0.05, 0.1) is 11.3 Å². The Hall–Kier alpha value is -2.89. The normalized spacial score (nSPS) is 18.9. The minimum absolute atomic E-state index is 0.0529. The van der Waals surface area contributed by atoms with Crippen molar-refractivity contribution in [2.24, 2.45) is 0 Å². The molecule has 2 aromatic rings. The molecule has 2 heterocycles. The third kappa shape index (κ3) is 3.35. The molecule has 1 fully saturated rings. The Morgan fingerprint density at radius 1 is 1.14 bits per heavy atom. The predicted molar refractivity (Wildman–Crippen MR) is 107 cm³/mol. The lowest BCUT2D eigenvalue weighted by Crippen LogP contribution is -2.55. The number of anilines is 2. The van der Waals surface area contributed by atoms with Crippen LogP contribution in [-0.4, -0.2) is 36.0 Å². The zero-order valence-electron chi connectivity index (χ0n) is 16.0. The molecule has 0 saturated carbocycles. The maximum absolute atomic E-state index is 13.1. The van der Waals surface area contributed by atoms with Gasteiger partial charge in [-0.2, -0.15) is 0 Å². The first-order valence-electron chi connectivity index (χ1n) is 9.87. The van der Waals surface area contributed by atoms with Crippen LogP contribution in [0.25, 0.3) is 0 Å². The van der Waals surface area contributed by atoms with Gasteiger partial charge < -0.3 is 15.1 Å². The molecule has 0 aromatic heterocycles. The summed E-state index contributed by atoms with van der Waals surface area (Å²) in [7, 11) is 0. The van der Waals surface area contributed by atoms with Crippen LogP contribution in [0.5, 0.6) is 0 Å². The summed E-state index contributed by atoms with van der Waals surface area (Å²) >= 11 is 0. The molecule has 1 saturated heterocycles. The van der Waals surface area contributed by atoms with Crippen LogP contribution in [0.3, 0.4) is 0 Å². The standard InChI is InChI=1S/C22H24FN3O2/c1-2-25-19-14-15(21(27)24-17-10-8-16(23)9-11-17)7-12-18(19)22(28)26-13-5-3-4-6-20(25)26/h7-12,14,20H,2-6,13H2,1H3,(H,24,27). The van der Waals surface area contributed by atoms with Crippen LogP contribution < -0.4 is 10.2 Å². The van der Waals surface area contributed by atoms with Gasteiger partial charge in [-0.25, -0.2) is 4.39 Å². The summed E-state index contributed by atoms with van der Waals surface area (Å²) in [6.45, 7) is 3.63. The van der Waals surface area contributed by atoms with Crippen molar-refractivity contribution in [2.45, 2.75) is 38.8 Å². The first-order chi connectivity index (χ1) is 13.6. The van der Waals surface area contributed by atoms with Crippen molar-refractivity contribution in [3.63, 3.8) is 0 Å². The van der Waals surface area contributed by atoms with E-state index in [2.05, 4.69) is 17.1 Å². The molecule has 0 bridgehead atoms. The van der Waals surface area contributed by atoms with E-state index in [1.807, 2.05) is 4.90 Å². The Bertz CT molecular complexity index is 897. The Morgan fingerprint density at radius 3 is 2.68 bits per heavy atom. The van der Waals surface area contributed by atoms with Crippen molar-refractivity contribution in [1.29, 1.82) is 0 Å². The summed E-state index contributed by atoms with van der Waals surface area (Å²) in [5.74, 6) is -0.574.